The summed E-state index contributed by atoms with van der Waals surface area (Å²) in [6.45, 7) is 1.41. The molecule has 1 aromatic rings. The van der Waals surface area contributed by atoms with Gasteiger partial charge in [-0.1, -0.05) is 12.1 Å². The molecule has 1 atom stereocenters. The van der Waals surface area contributed by atoms with Gasteiger partial charge in [0.15, 0.2) is 0 Å². The van der Waals surface area contributed by atoms with E-state index in [-0.39, 0.29) is 30.3 Å². The van der Waals surface area contributed by atoms with Crippen molar-refractivity contribution in [2.45, 2.75) is 25.4 Å². The van der Waals surface area contributed by atoms with Crippen molar-refractivity contribution in [3.05, 3.63) is 35.4 Å². The molecule has 20 heavy (non-hydrogen) atoms. The van der Waals surface area contributed by atoms with Gasteiger partial charge in [0.1, 0.15) is 0 Å². The molecule has 2 amide bonds. The monoisotopic (exact) mass is 297 g/mol. The number of carbonyl (C=O) groups excluding carboxylic acids is 2. The Morgan fingerprint density at radius 3 is 2.55 bits per heavy atom. The van der Waals surface area contributed by atoms with E-state index in [0.717, 1.165) is 24.9 Å². The molecule has 0 aliphatic carbocycles. The van der Waals surface area contributed by atoms with E-state index in [1.54, 1.807) is 19.2 Å². The summed E-state index contributed by atoms with van der Waals surface area (Å²) in [5.74, 6) is -0.0568. The molecule has 110 valence electrons. The number of benzene rings is 1. The Kier molecular flexibility index (Phi) is 6.48. The van der Waals surface area contributed by atoms with Gasteiger partial charge in [0.25, 0.3) is 5.91 Å². The molecule has 6 heteroatoms. The summed E-state index contributed by atoms with van der Waals surface area (Å²) in [6.07, 6.45) is 1.96. The number of rotatable bonds is 4. The van der Waals surface area contributed by atoms with Gasteiger partial charge in [-0.15, -0.1) is 12.4 Å². The van der Waals surface area contributed by atoms with E-state index in [4.69, 9.17) is 0 Å². The number of halogens is 1. The van der Waals surface area contributed by atoms with Crippen LogP contribution < -0.4 is 16.0 Å². The second-order valence-corrected chi connectivity index (χ2v) is 4.64. The second-order valence-electron chi connectivity index (χ2n) is 4.64. The molecule has 1 aliphatic rings. The Morgan fingerprint density at radius 2 is 2.00 bits per heavy atom. The van der Waals surface area contributed by atoms with Gasteiger partial charge in [0.2, 0.25) is 5.91 Å². The van der Waals surface area contributed by atoms with E-state index in [1.807, 2.05) is 12.1 Å². The number of amides is 2. The minimum Gasteiger partial charge on any atom is -0.355 e. The van der Waals surface area contributed by atoms with E-state index < -0.39 is 0 Å². The van der Waals surface area contributed by atoms with Crippen molar-refractivity contribution in [3.8, 4) is 0 Å². The summed E-state index contributed by atoms with van der Waals surface area (Å²) < 4.78 is 0. The highest BCUT2D eigenvalue weighted by molar-refractivity contribution is 5.93. The quantitative estimate of drug-likeness (QED) is 0.771. The zero-order valence-electron chi connectivity index (χ0n) is 11.4. The van der Waals surface area contributed by atoms with Crippen LogP contribution in [0.2, 0.25) is 0 Å². The highest BCUT2D eigenvalue weighted by Crippen LogP contribution is 2.07. The van der Waals surface area contributed by atoms with Gasteiger partial charge >= 0.3 is 0 Å². The van der Waals surface area contributed by atoms with Crippen LogP contribution in [0.15, 0.2) is 24.3 Å². The fraction of sp³-hybridized carbons (Fsp3) is 0.429. The molecule has 1 unspecified atom stereocenters. The standard InChI is InChI=1S/C14H19N3O2.ClH/c1-15-13(18)11-6-4-10(5-7-11)9-17-14(19)12-3-2-8-16-12;/h4-7,12,16H,2-3,8-9H2,1H3,(H,15,18)(H,17,19);1H. The lowest BCUT2D eigenvalue weighted by Gasteiger charge is -2.11. The first-order chi connectivity index (χ1) is 9.20. The summed E-state index contributed by atoms with van der Waals surface area (Å²) >= 11 is 0. The molecule has 5 nitrogen and oxygen atoms in total. The van der Waals surface area contributed by atoms with Gasteiger partial charge in [0, 0.05) is 19.2 Å². The van der Waals surface area contributed by atoms with Gasteiger partial charge in [0.05, 0.1) is 6.04 Å². The highest BCUT2D eigenvalue weighted by Gasteiger charge is 2.21. The molecule has 1 aliphatic heterocycles. The summed E-state index contributed by atoms with van der Waals surface area (Å²) in [6, 6.07) is 7.17. The van der Waals surface area contributed by atoms with Crippen LogP contribution in [0.3, 0.4) is 0 Å². The van der Waals surface area contributed by atoms with E-state index >= 15 is 0 Å². The van der Waals surface area contributed by atoms with E-state index in [2.05, 4.69) is 16.0 Å². The van der Waals surface area contributed by atoms with Crippen molar-refractivity contribution in [2.75, 3.05) is 13.6 Å². The van der Waals surface area contributed by atoms with E-state index in [0.29, 0.717) is 12.1 Å². The second kappa shape index (κ2) is 7.87. The molecule has 1 aromatic carbocycles. The third-order valence-corrected chi connectivity index (χ3v) is 3.29. The van der Waals surface area contributed by atoms with Crippen molar-refractivity contribution < 1.29 is 9.59 Å². The van der Waals surface area contributed by atoms with Crippen LogP contribution in [0.4, 0.5) is 0 Å². The lowest BCUT2D eigenvalue weighted by molar-refractivity contribution is -0.122. The zero-order valence-corrected chi connectivity index (χ0v) is 12.3. The van der Waals surface area contributed by atoms with Crippen LogP contribution in [0.1, 0.15) is 28.8 Å². The minimum absolute atomic E-state index is 0. The predicted octanol–water partition coefficient (Wildman–Crippen LogP) is 0.836. The minimum atomic E-state index is -0.106. The van der Waals surface area contributed by atoms with Gasteiger partial charge in [-0.2, -0.15) is 0 Å². The molecule has 2 rings (SSSR count). The first kappa shape index (κ1) is 16.5. The van der Waals surface area contributed by atoms with Crippen molar-refractivity contribution in [1.29, 1.82) is 0 Å². The van der Waals surface area contributed by atoms with Crippen LogP contribution in [-0.2, 0) is 11.3 Å². The van der Waals surface area contributed by atoms with Gasteiger partial charge in [-0.05, 0) is 37.1 Å². The third kappa shape index (κ3) is 4.21. The zero-order chi connectivity index (χ0) is 13.7. The molecule has 0 spiro atoms. The van der Waals surface area contributed by atoms with E-state index in [1.165, 1.54) is 0 Å². The Labute approximate surface area is 124 Å². The van der Waals surface area contributed by atoms with Gasteiger partial charge in [-0.3, -0.25) is 9.59 Å². The first-order valence-electron chi connectivity index (χ1n) is 6.53. The summed E-state index contributed by atoms with van der Waals surface area (Å²) in [5, 5.41) is 8.63. The Hall–Kier alpha value is -1.59. The molecule has 1 heterocycles. The highest BCUT2D eigenvalue weighted by atomic mass is 35.5. The largest absolute Gasteiger partial charge is 0.355 e. The third-order valence-electron chi connectivity index (χ3n) is 3.29. The summed E-state index contributed by atoms with van der Waals surface area (Å²) in [7, 11) is 1.60. The number of nitrogens with one attached hydrogen (secondary N) is 3. The molecular weight excluding hydrogens is 278 g/mol. The molecule has 0 aromatic heterocycles. The van der Waals surface area contributed by atoms with Crippen LogP contribution in [0.5, 0.6) is 0 Å². The van der Waals surface area contributed by atoms with Crippen LogP contribution in [0.25, 0.3) is 0 Å². The molecule has 3 N–H and O–H groups in total. The predicted molar refractivity (Wildman–Crippen MR) is 80.0 cm³/mol. The number of hydrogen-bond acceptors (Lipinski definition) is 3. The van der Waals surface area contributed by atoms with Crippen LogP contribution in [0, 0.1) is 0 Å². The average Bonchev–Trinajstić information content (AvgIpc) is 2.98. The lowest BCUT2D eigenvalue weighted by atomic mass is 10.1. The molecule has 0 saturated carbocycles. The van der Waals surface area contributed by atoms with Crippen LogP contribution >= 0.6 is 12.4 Å². The summed E-state index contributed by atoms with van der Waals surface area (Å²) in [4.78, 5) is 23.2. The molecular formula is C14H20ClN3O2. The topological polar surface area (TPSA) is 70.2 Å². The van der Waals surface area contributed by atoms with Crippen LogP contribution in [-0.4, -0.2) is 31.4 Å². The smallest absolute Gasteiger partial charge is 0.251 e. The molecule has 0 bridgehead atoms. The van der Waals surface area contributed by atoms with Crippen molar-refractivity contribution in [1.82, 2.24) is 16.0 Å². The van der Waals surface area contributed by atoms with Gasteiger partial charge in [-0.25, -0.2) is 0 Å². The fourth-order valence-corrected chi connectivity index (χ4v) is 2.14. The SMILES string of the molecule is CNC(=O)c1ccc(CNC(=O)C2CCCN2)cc1.Cl. The van der Waals surface area contributed by atoms with Crippen molar-refractivity contribution in [3.63, 3.8) is 0 Å². The van der Waals surface area contributed by atoms with Gasteiger partial charge < -0.3 is 16.0 Å². The normalized spacial score (nSPS) is 17.1. The summed E-state index contributed by atoms with van der Waals surface area (Å²) in [5.41, 5.74) is 1.61. The Balaban J connectivity index is 0.00000200. The van der Waals surface area contributed by atoms with Crippen molar-refractivity contribution >= 4 is 24.2 Å². The molecule has 0 radical (unpaired) electrons. The average molecular weight is 298 g/mol. The Bertz CT molecular complexity index is 456. The lowest BCUT2D eigenvalue weighted by Crippen LogP contribution is -2.39. The maximum Gasteiger partial charge on any atom is 0.251 e. The van der Waals surface area contributed by atoms with Crippen molar-refractivity contribution in [2.24, 2.45) is 0 Å². The Morgan fingerprint density at radius 1 is 1.30 bits per heavy atom. The first-order valence-corrected chi connectivity index (χ1v) is 6.53. The number of hydrogen-bond donors (Lipinski definition) is 3. The maximum atomic E-state index is 11.8. The fourth-order valence-electron chi connectivity index (χ4n) is 2.14. The maximum absolute atomic E-state index is 11.8. The number of carbonyl (C=O) groups is 2. The molecule has 1 fully saturated rings. The van der Waals surface area contributed by atoms with E-state index in [9.17, 15) is 9.59 Å². The molecule has 1 saturated heterocycles.